The van der Waals surface area contributed by atoms with Gasteiger partial charge in [-0.2, -0.15) is 0 Å². The van der Waals surface area contributed by atoms with Crippen molar-refractivity contribution < 1.29 is 14.4 Å². The monoisotopic (exact) mass is 407 g/mol. The molecule has 0 aromatic heterocycles. The fourth-order valence-corrected chi connectivity index (χ4v) is 4.72. The number of carbonyl (C=O) groups excluding carboxylic acids is 3. The van der Waals surface area contributed by atoms with E-state index < -0.39 is 11.6 Å². The van der Waals surface area contributed by atoms with Crippen molar-refractivity contribution >= 4 is 28.6 Å². The molecule has 2 unspecified atom stereocenters. The highest BCUT2D eigenvalue weighted by Crippen LogP contribution is 2.31. The van der Waals surface area contributed by atoms with Gasteiger partial charge in [0, 0.05) is 12.6 Å². The molecule has 2 aromatic rings. The van der Waals surface area contributed by atoms with Gasteiger partial charge >= 0.3 is 6.03 Å². The molecule has 4 amide bonds. The summed E-state index contributed by atoms with van der Waals surface area (Å²) in [4.78, 5) is 41.9. The van der Waals surface area contributed by atoms with Crippen molar-refractivity contribution in [2.24, 2.45) is 5.92 Å². The summed E-state index contributed by atoms with van der Waals surface area (Å²) in [5.41, 5.74) is -0.465. The summed E-state index contributed by atoms with van der Waals surface area (Å²) >= 11 is 0. The molecule has 2 heterocycles. The van der Waals surface area contributed by atoms with E-state index in [0.29, 0.717) is 18.0 Å². The number of carbonyl (C=O) groups is 3. The topological polar surface area (TPSA) is 69.7 Å². The number of urea groups is 1. The minimum Gasteiger partial charge on any atom is -0.338 e. The van der Waals surface area contributed by atoms with Crippen LogP contribution in [-0.2, 0) is 15.1 Å². The van der Waals surface area contributed by atoms with Crippen LogP contribution in [0.15, 0.2) is 42.5 Å². The minimum atomic E-state index is -1.18. The van der Waals surface area contributed by atoms with Crippen molar-refractivity contribution in [2.45, 2.75) is 51.6 Å². The Bertz CT molecular complexity index is 1000. The summed E-state index contributed by atoms with van der Waals surface area (Å²) in [5.74, 6) is -0.186. The molecule has 4 rings (SSSR count). The maximum Gasteiger partial charge on any atom is 0.325 e. The number of rotatable bonds is 4. The lowest BCUT2D eigenvalue weighted by Crippen LogP contribution is -2.51. The zero-order valence-corrected chi connectivity index (χ0v) is 17.9. The molecule has 2 saturated heterocycles. The van der Waals surface area contributed by atoms with Gasteiger partial charge in [0.1, 0.15) is 12.1 Å². The Morgan fingerprint density at radius 1 is 1.13 bits per heavy atom. The molecule has 0 radical (unpaired) electrons. The number of benzene rings is 2. The quantitative estimate of drug-likeness (QED) is 0.787. The number of hydrogen-bond acceptors (Lipinski definition) is 3. The Hall–Kier alpha value is -2.89. The third-order valence-corrected chi connectivity index (χ3v) is 6.53. The zero-order chi connectivity index (χ0) is 21.5. The average Bonchev–Trinajstić information content (AvgIpc) is 2.97. The smallest absolute Gasteiger partial charge is 0.325 e. The lowest BCUT2D eigenvalue weighted by atomic mass is 9.90. The highest BCUT2D eigenvalue weighted by atomic mass is 16.2. The van der Waals surface area contributed by atoms with Crippen LogP contribution in [0.25, 0.3) is 10.8 Å². The lowest BCUT2D eigenvalue weighted by Gasteiger charge is -2.38. The Labute approximate surface area is 177 Å². The van der Waals surface area contributed by atoms with E-state index in [0.717, 1.165) is 34.9 Å². The van der Waals surface area contributed by atoms with Crippen LogP contribution in [0.2, 0.25) is 0 Å². The Morgan fingerprint density at radius 3 is 2.60 bits per heavy atom. The number of likely N-dealkylation sites (tertiary alicyclic amines) is 1. The maximum atomic E-state index is 13.3. The largest absolute Gasteiger partial charge is 0.338 e. The molecule has 2 aliphatic heterocycles. The van der Waals surface area contributed by atoms with Crippen LogP contribution in [0.4, 0.5) is 4.79 Å². The van der Waals surface area contributed by atoms with Gasteiger partial charge < -0.3 is 10.2 Å². The number of fused-ring (bicyclic) bond motifs is 1. The van der Waals surface area contributed by atoms with Gasteiger partial charge in [0.2, 0.25) is 5.91 Å². The number of imide groups is 1. The summed E-state index contributed by atoms with van der Waals surface area (Å²) in [6.45, 7) is 6.41. The summed E-state index contributed by atoms with van der Waals surface area (Å²) < 4.78 is 0. The molecule has 0 bridgehead atoms. The maximum absolute atomic E-state index is 13.3. The Morgan fingerprint density at radius 2 is 1.87 bits per heavy atom. The van der Waals surface area contributed by atoms with E-state index in [1.807, 2.05) is 47.4 Å². The van der Waals surface area contributed by atoms with Gasteiger partial charge in [0.15, 0.2) is 0 Å². The first kappa shape index (κ1) is 20.4. The van der Waals surface area contributed by atoms with Crippen molar-refractivity contribution in [3.05, 3.63) is 48.0 Å². The second-order valence-corrected chi connectivity index (χ2v) is 8.90. The Balaban J connectivity index is 1.56. The number of hydrogen-bond donors (Lipinski definition) is 1. The zero-order valence-electron chi connectivity index (χ0n) is 17.9. The molecular weight excluding hydrogens is 378 g/mol. The van der Waals surface area contributed by atoms with Crippen LogP contribution in [0, 0.1) is 5.92 Å². The molecular formula is C24H29N3O3. The molecule has 2 fully saturated rings. The van der Waals surface area contributed by atoms with Crippen LogP contribution in [0.3, 0.4) is 0 Å². The number of amides is 4. The van der Waals surface area contributed by atoms with Crippen LogP contribution in [0.1, 0.15) is 45.6 Å². The van der Waals surface area contributed by atoms with E-state index >= 15 is 0 Å². The first-order valence-electron chi connectivity index (χ1n) is 10.7. The van der Waals surface area contributed by atoms with E-state index in [1.165, 1.54) is 0 Å². The minimum absolute atomic E-state index is 0.153. The van der Waals surface area contributed by atoms with E-state index in [-0.39, 0.29) is 24.4 Å². The standard InChI is InChI=1S/C24H29N3O3/c1-16(2)20-10-6-7-13-26(20)21(28)15-27-22(29)24(3,25-23(27)30)19-12-11-17-8-4-5-9-18(17)14-19/h4-5,8-9,11-12,14,16,20H,6-7,10,13,15H2,1-3H3,(H,25,30). The highest BCUT2D eigenvalue weighted by molar-refractivity contribution is 6.09. The van der Waals surface area contributed by atoms with Crippen LogP contribution >= 0.6 is 0 Å². The summed E-state index contributed by atoms with van der Waals surface area (Å²) in [6, 6.07) is 13.3. The van der Waals surface area contributed by atoms with Crippen LogP contribution < -0.4 is 5.32 Å². The molecule has 6 nitrogen and oxygen atoms in total. The summed E-state index contributed by atoms with van der Waals surface area (Å²) in [7, 11) is 0. The molecule has 0 saturated carbocycles. The number of nitrogens with one attached hydrogen (secondary N) is 1. The molecule has 1 N–H and O–H groups in total. The fraction of sp³-hybridized carbons (Fsp3) is 0.458. The summed E-state index contributed by atoms with van der Waals surface area (Å²) in [6.07, 6.45) is 3.04. The normalized spacial score (nSPS) is 24.6. The van der Waals surface area contributed by atoms with Crippen molar-refractivity contribution in [1.82, 2.24) is 15.1 Å². The van der Waals surface area contributed by atoms with Crippen molar-refractivity contribution in [3.8, 4) is 0 Å². The van der Waals surface area contributed by atoms with E-state index in [9.17, 15) is 14.4 Å². The molecule has 30 heavy (non-hydrogen) atoms. The summed E-state index contributed by atoms with van der Waals surface area (Å²) in [5, 5.41) is 4.89. The SMILES string of the molecule is CC(C)C1CCCCN1C(=O)CN1C(=O)NC(C)(c2ccc3ccccc3c2)C1=O. The first-order chi connectivity index (χ1) is 14.3. The number of piperidine rings is 1. The molecule has 0 aliphatic carbocycles. The first-order valence-corrected chi connectivity index (χ1v) is 10.7. The van der Waals surface area contributed by atoms with Gasteiger partial charge in [-0.3, -0.25) is 14.5 Å². The van der Waals surface area contributed by atoms with Gasteiger partial charge in [-0.25, -0.2) is 4.79 Å². The van der Waals surface area contributed by atoms with Gasteiger partial charge in [-0.1, -0.05) is 50.2 Å². The lowest BCUT2D eigenvalue weighted by molar-refractivity contribution is -0.141. The van der Waals surface area contributed by atoms with Gasteiger partial charge in [0.05, 0.1) is 0 Å². The average molecular weight is 408 g/mol. The second-order valence-electron chi connectivity index (χ2n) is 8.90. The van der Waals surface area contributed by atoms with E-state index in [1.54, 1.807) is 6.92 Å². The van der Waals surface area contributed by atoms with E-state index in [2.05, 4.69) is 19.2 Å². The Kier molecular flexibility index (Phi) is 5.26. The van der Waals surface area contributed by atoms with Crippen LogP contribution in [-0.4, -0.2) is 46.8 Å². The molecule has 2 aromatic carbocycles. The van der Waals surface area contributed by atoms with Gasteiger partial charge in [-0.05, 0) is 54.5 Å². The predicted molar refractivity (Wildman–Crippen MR) is 116 cm³/mol. The third kappa shape index (κ3) is 3.44. The van der Waals surface area contributed by atoms with E-state index in [4.69, 9.17) is 0 Å². The third-order valence-electron chi connectivity index (χ3n) is 6.53. The van der Waals surface area contributed by atoms with Crippen molar-refractivity contribution in [3.63, 3.8) is 0 Å². The van der Waals surface area contributed by atoms with Crippen LogP contribution in [0.5, 0.6) is 0 Å². The molecule has 6 heteroatoms. The predicted octanol–water partition coefficient (Wildman–Crippen LogP) is 3.64. The molecule has 158 valence electrons. The van der Waals surface area contributed by atoms with Gasteiger partial charge in [-0.15, -0.1) is 0 Å². The highest BCUT2D eigenvalue weighted by Gasteiger charge is 2.50. The molecule has 2 atom stereocenters. The van der Waals surface area contributed by atoms with Gasteiger partial charge in [0.25, 0.3) is 5.91 Å². The second kappa shape index (κ2) is 7.74. The molecule has 2 aliphatic rings. The molecule has 0 spiro atoms. The fourth-order valence-electron chi connectivity index (χ4n) is 4.72. The number of nitrogens with zero attached hydrogens (tertiary/aromatic N) is 2. The van der Waals surface area contributed by atoms with Crippen molar-refractivity contribution in [2.75, 3.05) is 13.1 Å². The van der Waals surface area contributed by atoms with Crippen molar-refractivity contribution in [1.29, 1.82) is 0 Å².